The van der Waals surface area contributed by atoms with E-state index in [0.29, 0.717) is 17.5 Å². The number of rotatable bonds is 16. The van der Waals surface area contributed by atoms with E-state index in [4.69, 9.17) is 11.5 Å². The van der Waals surface area contributed by atoms with Crippen molar-refractivity contribution >= 4 is 41.4 Å². The summed E-state index contributed by atoms with van der Waals surface area (Å²) in [5.74, 6) is -4.78. The molecule has 0 aromatic heterocycles. The van der Waals surface area contributed by atoms with E-state index in [9.17, 15) is 48.9 Å². The molecule has 1 saturated heterocycles. The highest BCUT2D eigenvalue weighted by atomic mass is 16.3. The van der Waals surface area contributed by atoms with E-state index in [-0.39, 0.29) is 50.3 Å². The molecule has 0 radical (unpaired) electrons. The predicted molar refractivity (Wildman–Crippen MR) is 212 cm³/mol. The minimum absolute atomic E-state index is 0.00400. The summed E-state index contributed by atoms with van der Waals surface area (Å²) in [4.78, 5) is 95.8. The lowest BCUT2D eigenvalue weighted by molar-refractivity contribution is -0.143. The summed E-state index contributed by atoms with van der Waals surface area (Å²) in [5.41, 5.74) is 14.1. The third-order valence-corrected chi connectivity index (χ3v) is 10.3. The number of nitrogens with zero attached hydrogens (tertiary/aromatic N) is 2. The van der Waals surface area contributed by atoms with Crippen molar-refractivity contribution in [2.24, 2.45) is 11.5 Å². The van der Waals surface area contributed by atoms with Gasteiger partial charge in [0.05, 0.1) is 19.2 Å². The molecule has 18 nitrogen and oxygen atoms in total. The normalized spacial score (nSPS) is 18.3. The van der Waals surface area contributed by atoms with Crippen LogP contribution in [0.3, 0.4) is 0 Å². The van der Waals surface area contributed by atoms with Gasteiger partial charge >= 0.3 is 0 Å². The molecular weight excluding hydrogens is 764 g/mol. The average Bonchev–Trinajstić information content (AvgIpc) is 3.66. The van der Waals surface area contributed by atoms with Gasteiger partial charge in [-0.1, -0.05) is 48.5 Å². The minimum Gasteiger partial charge on any atom is -0.508 e. The van der Waals surface area contributed by atoms with Crippen LogP contribution in [0.2, 0.25) is 0 Å². The second kappa shape index (κ2) is 19.8. The van der Waals surface area contributed by atoms with E-state index in [1.54, 1.807) is 48.5 Å². The molecule has 0 aliphatic carbocycles. The molecule has 2 aliphatic rings. The van der Waals surface area contributed by atoms with Gasteiger partial charge in [-0.05, 0) is 72.7 Å². The van der Waals surface area contributed by atoms with Crippen molar-refractivity contribution in [1.82, 2.24) is 31.1 Å². The van der Waals surface area contributed by atoms with Crippen LogP contribution >= 0.6 is 0 Å². The van der Waals surface area contributed by atoms with E-state index in [2.05, 4.69) is 21.3 Å². The monoisotopic (exact) mass is 814 g/mol. The summed E-state index contributed by atoms with van der Waals surface area (Å²) in [6, 6.07) is 12.5. The largest absolute Gasteiger partial charge is 0.508 e. The molecule has 6 atom stereocenters. The number of amides is 7. The first-order valence-corrected chi connectivity index (χ1v) is 19.2. The van der Waals surface area contributed by atoms with E-state index >= 15 is 0 Å². The van der Waals surface area contributed by atoms with Gasteiger partial charge < -0.3 is 57.9 Å². The number of phenols is 2. The van der Waals surface area contributed by atoms with Crippen LogP contribution in [0.4, 0.5) is 0 Å². The van der Waals surface area contributed by atoms with Crippen LogP contribution in [-0.4, -0.2) is 122 Å². The number of aliphatic hydroxyl groups is 1. The number of carbonyl (C=O) groups excluding carboxylic acids is 7. The number of fused-ring (bicyclic) bond motifs is 1. The Balaban J connectivity index is 1.29. The van der Waals surface area contributed by atoms with Crippen LogP contribution in [0.15, 0.2) is 72.8 Å². The number of nitrogens with one attached hydrogen (secondary N) is 4. The third-order valence-electron chi connectivity index (χ3n) is 10.3. The average molecular weight is 815 g/mol. The molecule has 11 N–H and O–H groups in total. The molecule has 59 heavy (non-hydrogen) atoms. The quantitative estimate of drug-likeness (QED) is 0.0780. The maximum atomic E-state index is 14.2. The van der Waals surface area contributed by atoms with Gasteiger partial charge in [-0.15, -0.1) is 0 Å². The highest BCUT2D eigenvalue weighted by molar-refractivity contribution is 5.97. The molecule has 0 spiro atoms. The Morgan fingerprint density at radius 1 is 0.814 bits per heavy atom. The standard InChI is InChI=1S/C41H50N8O10/c1-23(44-38(56)30(42)17-24-8-12-28(51)13-9-24)37(55)46-32-19-26-5-2-3-6-27(26)20-48(40(32)58)21-35(53)45-31(18-25-10-14-29(52)15-11-25)41(59)49-16-4-7-34(49)39(57)47-33(22-50)36(43)54/h2-3,5-6,8-15,23,30-34,50-52H,4,7,16-22,42H2,1H3,(H2,43,54)(H,44,56)(H,45,53)(H,46,55)(H,47,57)/t23-,30+,31+,32?,33+,34+/m1/s1. The topological polar surface area (TPSA) is 287 Å². The molecule has 18 heteroatoms. The molecule has 1 unspecified atom stereocenters. The molecule has 2 aliphatic heterocycles. The van der Waals surface area contributed by atoms with Gasteiger partial charge in [0.2, 0.25) is 41.4 Å². The number of primary amides is 1. The van der Waals surface area contributed by atoms with Crippen LogP contribution in [0, 0.1) is 0 Å². The number of benzene rings is 3. The first kappa shape index (κ1) is 43.6. The first-order valence-electron chi connectivity index (χ1n) is 19.2. The van der Waals surface area contributed by atoms with Crippen LogP contribution in [-0.2, 0) is 59.4 Å². The summed E-state index contributed by atoms with van der Waals surface area (Å²) in [7, 11) is 0. The zero-order valence-electron chi connectivity index (χ0n) is 32.5. The van der Waals surface area contributed by atoms with Gasteiger partial charge in [0, 0.05) is 25.9 Å². The summed E-state index contributed by atoms with van der Waals surface area (Å²) in [6.45, 7) is 0.357. The van der Waals surface area contributed by atoms with Crippen molar-refractivity contribution < 1.29 is 48.9 Å². The van der Waals surface area contributed by atoms with Crippen LogP contribution in [0.1, 0.15) is 42.0 Å². The third kappa shape index (κ3) is 11.5. The van der Waals surface area contributed by atoms with E-state index < -0.39 is 90.8 Å². The second-order valence-corrected chi connectivity index (χ2v) is 14.8. The summed E-state index contributed by atoms with van der Waals surface area (Å²) < 4.78 is 0. The second-order valence-electron chi connectivity index (χ2n) is 14.8. The summed E-state index contributed by atoms with van der Waals surface area (Å²) in [5, 5.41) is 39.3. The number of aliphatic hydroxyl groups excluding tert-OH is 1. The minimum atomic E-state index is -1.36. The van der Waals surface area contributed by atoms with Crippen LogP contribution < -0.4 is 32.7 Å². The van der Waals surface area contributed by atoms with E-state index in [1.165, 1.54) is 41.0 Å². The van der Waals surface area contributed by atoms with Gasteiger partial charge in [0.25, 0.3) is 0 Å². The molecule has 7 amide bonds. The van der Waals surface area contributed by atoms with Gasteiger partial charge in [-0.3, -0.25) is 33.6 Å². The number of likely N-dealkylation sites (tertiary alicyclic amines) is 1. The Morgan fingerprint density at radius 2 is 1.42 bits per heavy atom. The Labute approximate surface area is 340 Å². The highest BCUT2D eigenvalue weighted by Gasteiger charge is 2.39. The predicted octanol–water partition coefficient (Wildman–Crippen LogP) is -1.78. The lowest BCUT2D eigenvalue weighted by Gasteiger charge is -2.30. The Morgan fingerprint density at radius 3 is 2.03 bits per heavy atom. The molecule has 0 saturated carbocycles. The van der Waals surface area contributed by atoms with Gasteiger partial charge in [-0.2, -0.15) is 0 Å². The first-order chi connectivity index (χ1) is 28.1. The number of hydrogen-bond donors (Lipinski definition) is 9. The molecule has 3 aromatic carbocycles. The molecule has 5 rings (SSSR count). The molecule has 0 bridgehead atoms. The van der Waals surface area contributed by atoms with Crippen molar-refractivity contribution in [2.75, 3.05) is 19.7 Å². The number of nitrogens with two attached hydrogens (primary N) is 2. The van der Waals surface area contributed by atoms with Gasteiger partial charge in [-0.25, -0.2) is 0 Å². The van der Waals surface area contributed by atoms with Crippen molar-refractivity contribution in [2.45, 2.75) is 81.8 Å². The maximum Gasteiger partial charge on any atom is 0.246 e. The van der Waals surface area contributed by atoms with Crippen LogP contribution in [0.5, 0.6) is 11.5 Å². The molecule has 1 fully saturated rings. The summed E-state index contributed by atoms with van der Waals surface area (Å²) in [6.07, 6.45) is 0.875. The Kier molecular flexibility index (Phi) is 14.6. The molecular formula is C41H50N8O10. The smallest absolute Gasteiger partial charge is 0.246 e. The molecule has 3 aromatic rings. The number of aromatic hydroxyl groups is 2. The lowest BCUT2D eigenvalue weighted by Crippen LogP contribution is -2.58. The van der Waals surface area contributed by atoms with Gasteiger partial charge in [0.15, 0.2) is 0 Å². The molecule has 2 heterocycles. The fraction of sp³-hybridized carbons (Fsp3) is 0.390. The van der Waals surface area contributed by atoms with Gasteiger partial charge in [0.1, 0.15) is 41.7 Å². The SMILES string of the molecule is C[C@@H](NC(=O)[C@@H](N)Cc1ccc(O)cc1)C(=O)NC1Cc2ccccc2CN(CC(=O)N[C@@H](Cc2ccc(O)cc2)C(=O)N2CCC[C@H]2C(=O)N[C@@H](CO)C(N)=O)C1=O. The number of carbonyl (C=O) groups is 7. The lowest BCUT2D eigenvalue weighted by atomic mass is 10.0. The summed E-state index contributed by atoms with van der Waals surface area (Å²) >= 11 is 0. The zero-order valence-corrected chi connectivity index (χ0v) is 32.5. The van der Waals surface area contributed by atoms with E-state index in [1.807, 2.05) is 0 Å². The highest BCUT2D eigenvalue weighted by Crippen LogP contribution is 2.22. The fourth-order valence-electron chi connectivity index (χ4n) is 7.09. The van der Waals surface area contributed by atoms with E-state index in [0.717, 1.165) is 11.1 Å². The maximum absolute atomic E-state index is 14.2. The number of hydrogen-bond acceptors (Lipinski definition) is 11. The number of phenolic OH excluding ortho intramolecular Hbond substituents is 2. The van der Waals surface area contributed by atoms with Crippen LogP contribution in [0.25, 0.3) is 0 Å². The molecule has 314 valence electrons. The fourth-order valence-corrected chi connectivity index (χ4v) is 7.09. The Hall–Kier alpha value is -6.53. The van der Waals surface area contributed by atoms with Crippen molar-refractivity contribution in [3.63, 3.8) is 0 Å². The van der Waals surface area contributed by atoms with Crippen molar-refractivity contribution in [3.05, 3.63) is 95.1 Å². The Bertz CT molecular complexity index is 2030. The van der Waals surface area contributed by atoms with Crippen molar-refractivity contribution in [1.29, 1.82) is 0 Å². The zero-order chi connectivity index (χ0) is 42.8. The van der Waals surface area contributed by atoms with Crippen molar-refractivity contribution in [3.8, 4) is 11.5 Å².